The predicted octanol–water partition coefficient (Wildman–Crippen LogP) is 2.02. The third-order valence-corrected chi connectivity index (χ3v) is 3.69. The molecular formula is C13H9BrN4O2S. The van der Waals surface area contributed by atoms with E-state index in [2.05, 4.69) is 26.5 Å². The van der Waals surface area contributed by atoms with E-state index < -0.39 is 5.63 Å². The van der Waals surface area contributed by atoms with Crippen LogP contribution in [0.4, 0.5) is 0 Å². The van der Waals surface area contributed by atoms with Crippen LogP contribution in [-0.2, 0) is 0 Å². The monoisotopic (exact) mass is 364 g/mol. The molecule has 0 amide bonds. The second-order valence-electron chi connectivity index (χ2n) is 4.22. The number of halogens is 1. The summed E-state index contributed by atoms with van der Waals surface area (Å²) in [5, 5.41) is 5.23. The van der Waals surface area contributed by atoms with Gasteiger partial charge in [-0.15, -0.1) is 0 Å². The zero-order valence-electron chi connectivity index (χ0n) is 10.5. The van der Waals surface area contributed by atoms with Crippen molar-refractivity contribution in [3.63, 3.8) is 0 Å². The van der Waals surface area contributed by atoms with Gasteiger partial charge >= 0.3 is 5.63 Å². The fourth-order valence-corrected chi connectivity index (χ4v) is 2.40. The van der Waals surface area contributed by atoms with Crippen molar-refractivity contribution >= 4 is 44.2 Å². The molecule has 0 aliphatic rings. The van der Waals surface area contributed by atoms with E-state index in [1.54, 1.807) is 24.4 Å². The number of nitrogens with zero attached hydrogens (tertiary/aromatic N) is 2. The summed E-state index contributed by atoms with van der Waals surface area (Å²) >= 11 is 8.35. The molecule has 0 bridgehead atoms. The van der Waals surface area contributed by atoms with Gasteiger partial charge in [-0.2, -0.15) is 5.10 Å². The van der Waals surface area contributed by atoms with Gasteiger partial charge in [0.05, 0.1) is 5.56 Å². The van der Waals surface area contributed by atoms with Crippen LogP contribution in [0.2, 0.25) is 0 Å². The number of benzene rings is 1. The molecule has 3 aromatic rings. The van der Waals surface area contributed by atoms with Gasteiger partial charge in [-0.25, -0.2) is 15.3 Å². The molecule has 0 radical (unpaired) electrons. The Morgan fingerprint density at radius 2 is 2.19 bits per heavy atom. The molecule has 2 heterocycles. The molecule has 8 heteroatoms. The van der Waals surface area contributed by atoms with Crippen LogP contribution in [0.25, 0.3) is 22.2 Å². The number of aromatic nitrogens is 2. The Labute approximate surface area is 132 Å². The molecule has 6 nitrogen and oxygen atoms in total. The van der Waals surface area contributed by atoms with Crippen LogP contribution in [0.15, 0.2) is 50.2 Å². The van der Waals surface area contributed by atoms with E-state index in [9.17, 15) is 4.79 Å². The lowest BCUT2D eigenvalue weighted by Gasteiger charge is -2.02. The topological polar surface area (TPSA) is 86.1 Å². The van der Waals surface area contributed by atoms with Gasteiger partial charge in [0.2, 0.25) is 5.11 Å². The number of thiocarbonyl (C=S) groups is 1. The van der Waals surface area contributed by atoms with Gasteiger partial charge in [0.25, 0.3) is 0 Å². The lowest BCUT2D eigenvalue weighted by Crippen LogP contribution is -2.34. The SMILES string of the molecule is NNC(=S)n1ccc(-c2cc3cc(Br)ccc3oc2=O)n1. The molecule has 3 rings (SSSR count). The summed E-state index contributed by atoms with van der Waals surface area (Å²) in [5.74, 6) is 5.24. The summed E-state index contributed by atoms with van der Waals surface area (Å²) in [5.41, 5.74) is 3.21. The maximum atomic E-state index is 12.1. The number of nitrogens with two attached hydrogens (primary N) is 1. The first-order chi connectivity index (χ1) is 10.1. The highest BCUT2D eigenvalue weighted by Gasteiger charge is 2.12. The van der Waals surface area contributed by atoms with Crippen molar-refractivity contribution in [2.45, 2.75) is 0 Å². The average Bonchev–Trinajstić information content (AvgIpc) is 2.95. The quantitative estimate of drug-likeness (QED) is 0.297. The second-order valence-corrected chi connectivity index (χ2v) is 5.53. The van der Waals surface area contributed by atoms with Gasteiger partial charge in [0.1, 0.15) is 11.3 Å². The van der Waals surface area contributed by atoms with Crippen molar-refractivity contribution in [2.75, 3.05) is 0 Å². The van der Waals surface area contributed by atoms with Crippen LogP contribution in [-0.4, -0.2) is 14.9 Å². The van der Waals surface area contributed by atoms with E-state index in [1.807, 2.05) is 12.1 Å². The highest BCUT2D eigenvalue weighted by Crippen LogP contribution is 2.22. The van der Waals surface area contributed by atoms with Gasteiger partial charge < -0.3 is 4.42 Å². The lowest BCUT2D eigenvalue weighted by atomic mass is 10.1. The summed E-state index contributed by atoms with van der Waals surface area (Å²) in [6.45, 7) is 0. The Balaban J connectivity index is 2.15. The fraction of sp³-hybridized carbons (Fsp3) is 0. The molecular weight excluding hydrogens is 356 g/mol. The molecule has 0 fully saturated rings. The van der Waals surface area contributed by atoms with E-state index in [1.165, 1.54) is 4.68 Å². The van der Waals surface area contributed by atoms with Crippen molar-refractivity contribution in [1.82, 2.24) is 15.2 Å². The molecule has 0 unspecified atom stereocenters. The van der Waals surface area contributed by atoms with Gasteiger partial charge in [0, 0.05) is 16.1 Å². The number of rotatable bonds is 1. The molecule has 0 atom stereocenters. The van der Waals surface area contributed by atoms with Gasteiger partial charge in [-0.05, 0) is 42.5 Å². The van der Waals surface area contributed by atoms with Crippen molar-refractivity contribution in [3.8, 4) is 11.3 Å². The van der Waals surface area contributed by atoms with Crippen molar-refractivity contribution in [2.24, 2.45) is 5.84 Å². The Morgan fingerprint density at radius 3 is 2.95 bits per heavy atom. The summed E-state index contributed by atoms with van der Waals surface area (Å²) in [4.78, 5) is 12.1. The van der Waals surface area contributed by atoms with Gasteiger partial charge in [-0.1, -0.05) is 15.9 Å². The molecule has 0 saturated heterocycles. The van der Waals surface area contributed by atoms with Crippen LogP contribution in [0.3, 0.4) is 0 Å². The van der Waals surface area contributed by atoms with Crippen molar-refractivity contribution in [3.05, 3.63) is 51.4 Å². The molecule has 0 saturated carbocycles. The molecule has 3 N–H and O–H groups in total. The highest BCUT2D eigenvalue weighted by molar-refractivity contribution is 9.10. The highest BCUT2D eigenvalue weighted by atomic mass is 79.9. The Kier molecular flexibility index (Phi) is 3.58. The van der Waals surface area contributed by atoms with Crippen LogP contribution in [0.1, 0.15) is 0 Å². The number of nitrogens with one attached hydrogen (secondary N) is 1. The first-order valence-electron chi connectivity index (χ1n) is 5.89. The first-order valence-corrected chi connectivity index (χ1v) is 7.09. The van der Waals surface area contributed by atoms with Gasteiger partial charge in [0.15, 0.2) is 0 Å². The standard InChI is InChI=1S/C13H9BrN4O2S/c14-8-1-2-11-7(5-8)6-9(12(19)20-11)10-3-4-18(17-10)13(21)16-15/h1-6H,15H2,(H,16,21). The minimum atomic E-state index is -0.457. The maximum Gasteiger partial charge on any atom is 0.345 e. The molecule has 1 aromatic carbocycles. The largest absolute Gasteiger partial charge is 0.422 e. The molecule has 0 aliphatic carbocycles. The van der Waals surface area contributed by atoms with Crippen LogP contribution >= 0.6 is 28.1 Å². The fourth-order valence-electron chi connectivity index (χ4n) is 1.92. The summed E-state index contributed by atoms with van der Waals surface area (Å²) < 4.78 is 7.57. The Hall–Kier alpha value is -2.03. The Bertz CT molecular complexity index is 903. The molecule has 0 aliphatic heterocycles. The number of hydrazine groups is 1. The van der Waals surface area contributed by atoms with E-state index in [0.717, 1.165) is 9.86 Å². The third-order valence-electron chi connectivity index (χ3n) is 2.89. The average molecular weight is 365 g/mol. The van der Waals surface area contributed by atoms with Crippen LogP contribution in [0.5, 0.6) is 0 Å². The number of hydrogen-bond donors (Lipinski definition) is 2. The minimum absolute atomic E-state index is 0.231. The second kappa shape index (κ2) is 5.40. The molecule has 21 heavy (non-hydrogen) atoms. The third kappa shape index (κ3) is 2.60. The normalized spacial score (nSPS) is 10.8. The van der Waals surface area contributed by atoms with E-state index in [-0.39, 0.29) is 5.11 Å². The maximum absolute atomic E-state index is 12.1. The zero-order chi connectivity index (χ0) is 15.0. The summed E-state index contributed by atoms with van der Waals surface area (Å²) in [6.07, 6.45) is 1.61. The van der Waals surface area contributed by atoms with E-state index in [0.29, 0.717) is 16.8 Å². The molecule has 106 valence electrons. The zero-order valence-corrected chi connectivity index (χ0v) is 12.9. The van der Waals surface area contributed by atoms with Crippen LogP contribution in [0, 0.1) is 0 Å². The van der Waals surface area contributed by atoms with Crippen molar-refractivity contribution < 1.29 is 4.42 Å². The van der Waals surface area contributed by atoms with Crippen molar-refractivity contribution in [1.29, 1.82) is 0 Å². The van der Waals surface area contributed by atoms with Crippen LogP contribution < -0.4 is 16.9 Å². The molecule has 0 spiro atoms. The number of fused-ring (bicyclic) bond motifs is 1. The first kappa shape index (κ1) is 13.9. The lowest BCUT2D eigenvalue weighted by molar-refractivity contribution is 0.563. The summed E-state index contributed by atoms with van der Waals surface area (Å²) in [7, 11) is 0. The smallest absolute Gasteiger partial charge is 0.345 e. The van der Waals surface area contributed by atoms with E-state index >= 15 is 0 Å². The minimum Gasteiger partial charge on any atom is -0.422 e. The van der Waals surface area contributed by atoms with Gasteiger partial charge in [-0.3, -0.25) is 5.43 Å². The van der Waals surface area contributed by atoms with E-state index in [4.69, 9.17) is 22.5 Å². The number of hydrogen-bond acceptors (Lipinski definition) is 5. The Morgan fingerprint density at radius 1 is 1.38 bits per heavy atom. The predicted molar refractivity (Wildman–Crippen MR) is 86.7 cm³/mol. The molecule has 2 aromatic heterocycles. The summed E-state index contributed by atoms with van der Waals surface area (Å²) in [6, 6.07) is 8.81.